The molecule has 1 N–H and O–H groups in total. The van der Waals surface area contributed by atoms with E-state index in [1.807, 2.05) is 0 Å². The molecule has 1 aromatic rings. The first-order valence-electron chi connectivity index (χ1n) is 7.50. The minimum Gasteiger partial charge on any atom is -0.481 e. The molecule has 0 bridgehead atoms. The second-order valence-corrected chi connectivity index (χ2v) is 6.85. The van der Waals surface area contributed by atoms with E-state index >= 15 is 0 Å². The van der Waals surface area contributed by atoms with Crippen molar-refractivity contribution in [3.8, 4) is 0 Å². The fourth-order valence-electron chi connectivity index (χ4n) is 2.74. The van der Waals surface area contributed by atoms with E-state index in [2.05, 4.69) is 40.4 Å². The third kappa shape index (κ3) is 4.20. The summed E-state index contributed by atoms with van der Waals surface area (Å²) in [5, 5.41) is 18.0. The molecule has 0 radical (unpaired) electrons. The van der Waals surface area contributed by atoms with Crippen LogP contribution in [-0.2, 0) is 4.79 Å². The summed E-state index contributed by atoms with van der Waals surface area (Å²) in [5.74, 6) is 0.410. The van der Waals surface area contributed by atoms with Crippen molar-refractivity contribution >= 4 is 17.7 Å². The summed E-state index contributed by atoms with van der Waals surface area (Å²) < 4.78 is 2.12. The van der Waals surface area contributed by atoms with Gasteiger partial charge in [0.1, 0.15) is 5.82 Å². The Morgan fingerprint density at radius 3 is 2.52 bits per heavy atom. The van der Waals surface area contributed by atoms with Crippen molar-refractivity contribution in [3.63, 3.8) is 0 Å². The zero-order valence-corrected chi connectivity index (χ0v) is 13.8. The van der Waals surface area contributed by atoms with Gasteiger partial charge >= 0.3 is 5.97 Å². The monoisotopic (exact) mass is 312 g/mol. The minimum atomic E-state index is -0.826. The Morgan fingerprint density at radius 1 is 1.29 bits per heavy atom. The van der Waals surface area contributed by atoms with Crippen molar-refractivity contribution < 1.29 is 9.90 Å². The Kier molecular flexibility index (Phi) is 5.64. The molecule has 118 valence electrons. The number of carbonyl (C=O) groups is 1. The number of rotatable bonds is 7. The molecule has 2 heterocycles. The van der Waals surface area contributed by atoms with Crippen molar-refractivity contribution in [2.24, 2.45) is 0 Å². The van der Waals surface area contributed by atoms with Crippen molar-refractivity contribution in [3.05, 3.63) is 5.82 Å². The number of aromatic nitrogens is 3. The Bertz CT molecular complexity index is 483. The van der Waals surface area contributed by atoms with Crippen LogP contribution in [0.5, 0.6) is 0 Å². The summed E-state index contributed by atoms with van der Waals surface area (Å²) in [6.45, 7) is 9.63. The van der Waals surface area contributed by atoms with Crippen LogP contribution in [0.25, 0.3) is 0 Å². The van der Waals surface area contributed by atoms with Crippen molar-refractivity contribution in [2.75, 3.05) is 25.4 Å². The molecule has 0 aromatic carbocycles. The van der Waals surface area contributed by atoms with Gasteiger partial charge in [0, 0.05) is 18.5 Å². The zero-order chi connectivity index (χ0) is 15.4. The smallest absolute Gasteiger partial charge is 0.313 e. The fraction of sp³-hybridized carbons (Fsp3) is 0.786. The average molecular weight is 312 g/mol. The SMILES string of the molecule is CC(C)c1nnc(SCC(=O)O)n1C(C)CN1CCCC1. The van der Waals surface area contributed by atoms with Crippen LogP contribution in [0.2, 0.25) is 0 Å². The molecular weight excluding hydrogens is 288 g/mol. The van der Waals surface area contributed by atoms with E-state index in [1.54, 1.807) is 0 Å². The van der Waals surface area contributed by atoms with Crippen LogP contribution in [0.1, 0.15) is 51.4 Å². The lowest BCUT2D eigenvalue weighted by atomic mass is 10.2. The molecule has 21 heavy (non-hydrogen) atoms. The van der Waals surface area contributed by atoms with Gasteiger partial charge in [0.05, 0.1) is 5.75 Å². The van der Waals surface area contributed by atoms with E-state index in [4.69, 9.17) is 5.11 Å². The summed E-state index contributed by atoms with van der Waals surface area (Å²) in [5.41, 5.74) is 0. The number of hydrogen-bond acceptors (Lipinski definition) is 5. The van der Waals surface area contributed by atoms with Crippen LogP contribution in [-0.4, -0.2) is 56.1 Å². The first-order chi connectivity index (χ1) is 9.99. The van der Waals surface area contributed by atoms with Crippen LogP contribution in [0.3, 0.4) is 0 Å². The van der Waals surface area contributed by atoms with E-state index in [0.29, 0.717) is 5.16 Å². The number of likely N-dealkylation sites (tertiary alicyclic amines) is 1. The predicted octanol–water partition coefficient (Wildman–Crippen LogP) is 2.24. The average Bonchev–Trinajstić information content (AvgIpc) is 3.04. The Morgan fingerprint density at radius 2 is 1.95 bits per heavy atom. The van der Waals surface area contributed by atoms with Gasteiger partial charge in [0.15, 0.2) is 5.16 Å². The zero-order valence-electron chi connectivity index (χ0n) is 12.9. The lowest BCUT2D eigenvalue weighted by Crippen LogP contribution is -2.28. The molecule has 1 atom stereocenters. The largest absolute Gasteiger partial charge is 0.481 e. The summed E-state index contributed by atoms with van der Waals surface area (Å²) in [6, 6.07) is 0.256. The molecule has 0 amide bonds. The number of carboxylic acids is 1. The van der Waals surface area contributed by atoms with Gasteiger partial charge in [-0.3, -0.25) is 4.79 Å². The van der Waals surface area contributed by atoms with E-state index in [1.165, 1.54) is 24.6 Å². The summed E-state index contributed by atoms with van der Waals surface area (Å²) in [7, 11) is 0. The minimum absolute atomic E-state index is 0.0205. The highest BCUT2D eigenvalue weighted by molar-refractivity contribution is 7.99. The normalized spacial score (nSPS) is 17.5. The maximum Gasteiger partial charge on any atom is 0.313 e. The number of aliphatic carboxylic acids is 1. The molecule has 1 aromatic heterocycles. The van der Waals surface area contributed by atoms with Gasteiger partial charge < -0.3 is 14.6 Å². The van der Waals surface area contributed by atoms with Crippen LogP contribution in [0, 0.1) is 0 Å². The van der Waals surface area contributed by atoms with Crippen LogP contribution >= 0.6 is 11.8 Å². The Labute approximate surface area is 129 Å². The molecule has 1 saturated heterocycles. The number of nitrogens with zero attached hydrogens (tertiary/aromatic N) is 4. The first-order valence-corrected chi connectivity index (χ1v) is 8.49. The highest BCUT2D eigenvalue weighted by Gasteiger charge is 2.23. The Hall–Kier alpha value is -1.08. The summed E-state index contributed by atoms with van der Waals surface area (Å²) in [4.78, 5) is 13.2. The van der Waals surface area contributed by atoms with Crippen LogP contribution in [0.15, 0.2) is 5.16 Å². The van der Waals surface area contributed by atoms with E-state index in [0.717, 1.165) is 25.5 Å². The number of thioether (sulfide) groups is 1. The predicted molar refractivity (Wildman–Crippen MR) is 82.9 cm³/mol. The highest BCUT2D eigenvalue weighted by atomic mass is 32.2. The second kappa shape index (κ2) is 7.26. The van der Waals surface area contributed by atoms with Crippen LogP contribution < -0.4 is 0 Å². The molecular formula is C14H24N4O2S. The highest BCUT2D eigenvalue weighted by Crippen LogP contribution is 2.26. The van der Waals surface area contributed by atoms with Gasteiger partial charge in [-0.15, -0.1) is 10.2 Å². The maximum atomic E-state index is 10.8. The number of carboxylic acid groups (broad SMARTS) is 1. The van der Waals surface area contributed by atoms with Gasteiger partial charge in [-0.1, -0.05) is 25.6 Å². The Balaban J connectivity index is 2.16. The molecule has 0 saturated carbocycles. The van der Waals surface area contributed by atoms with E-state index < -0.39 is 5.97 Å². The van der Waals surface area contributed by atoms with Gasteiger partial charge in [-0.05, 0) is 32.9 Å². The van der Waals surface area contributed by atoms with Gasteiger partial charge in [0.2, 0.25) is 0 Å². The molecule has 0 spiro atoms. The first kappa shape index (κ1) is 16.3. The lowest BCUT2D eigenvalue weighted by molar-refractivity contribution is -0.133. The molecule has 7 heteroatoms. The third-order valence-electron chi connectivity index (χ3n) is 3.69. The molecule has 6 nitrogen and oxygen atoms in total. The fourth-order valence-corrected chi connectivity index (χ4v) is 3.51. The van der Waals surface area contributed by atoms with E-state index in [9.17, 15) is 4.79 Å². The topological polar surface area (TPSA) is 71.2 Å². The number of hydrogen-bond donors (Lipinski definition) is 1. The molecule has 1 aliphatic rings. The molecule has 1 fully saturated rings. The molecule has 0 aliphatic carbocycles. The summed E-state index contributed by atoms with van der Waals surface area (Å²) >= 11 is 1.25. The van der Waals surface area contributed by atoms with Crippen molar-refractivity contribution in [2.45, 2.75) is 50.7 Å². The molecule has 1 unspecified atom stereocenters. The van der Waals surface area contributed by atoms with Crippen LogP contribution in [0.4, 0.5) is 0 Å². The van der Waals surface area contributed by atoms with Gasteiger partial charge in [-0.25, -0.2) is 0 Å². The van der Waals surface area contributed by atoms with E-state index in [-0.39, 0.29) is 17.7 Å². The maximum absolute atomic E-state index is 10.8. The quantitative estimate of drug-likeness (QED) is 0.779. The van der Waals surface area contributed by atoms with Gasteiger partial charge in [-0.2, -0.15) is 0 Å². The summed E-state index contributed by atoms with van der Waals surface area (Å²) in [6.07, 6.45) is 2.54. The lowest BCUT2D eigenvalue weighted by Gasteiger charge is -2.24. The van der Waals surface area contributed by atoms with Gasteiger partial charge in [0.25, 0.3) is 0 Å². The standard InChI is InChI=1S/C14H24N4O2S/c1-10(2)13-15-16-14(21-9-12(19)20)18(13)11(3)8-17-6-4-5-7-17/h10-11H,4-9H2,1-3H3,(H,19,20). The molecule has 1 aliphatic heterocycles. The van der Waals surface area contributed by atoms with Crippen molar-refractivity contribution in [1.29, 1.82) is 0 Å². The molecule has 2 rings (SSSR count). The second-order valence-electron chi connectivity index (χ2n) is 5.90. The van der Waals surface area contributed by atoms with Crippen molar-refractivity contribution in [1.82, 2.24) is 19.7 Å². The third-order valence-corrected chi connectivity index (χ3v) is 4.62.